The second kappa shape index (κ2) is 8.43. The molecule has 7 nitrogen and oxygen atoms in total. The first-order valence-electron chi connectivity index (χ1n) is 13.1. The molecule has 2 aromatic rings. The van der Waals surface area contributed by atoms with E-state index in [1.807, 2.05) is 20.5 Å². The molecule has 0 N–H and O–H groups in total. The lowest BCUT2D eigenvalue weighted by atomic mass is 9.99. The summed E-state index contributed by atoms with van der Waals surface area (Å²) in [7, 11) is 0. The number of aryl methyl sites for hydroxylation is 1. The van der Waals surface area contributed by atoms with Crippen molar-refractivity contribution in [1.29, 1.82) is 0 Å². The quantitative estimate of drug-likeness (QED) is 0.701. The molecule has 0 unspecified atom stereocenters. The zero-order valence-corrected chi connectivity index (χ0v) is 20.2. The number of hydrogen-bond donors (Lipinski definition) is 0. The Morgan fingerprint density at radius 1 is 1.00 bits per heavy atom. The minimum Gasteiger partial charge on any atom is -0.368 e. The molecule has 2 saturated carbocycles. The molecular weight excluding hydrogens is 426 g/mol. The van der Waals surface area contributed by atoms with E-state index in [1.165, 1.54) is 31.4 Å². The van der Waals surface area contributed by atoms with Crippen LogP contribution in [-0.2, 0) is 24.3 Å². The predicted octanol–water partition coefficient (Wildman–Crippen LogP) is 3.33. The standard InChI is InChI=1S/C27H35N5O2/c1-2-32-23-10-13-31(25(33)22-18-27(22)11-6-7-12-27)19-21(23)24(28-32)26(34)30-16-14-29(15-17-30)20-8-4-3-5-9-20/h3-5,8-9,22H,2,6-7,10-19H2,1H3/t22-/m1/s1. The molecule has 0 radical (unpaired) electrons. The molecule has 3 heterocycles. The first kappa shape index (κ1) is 21.7. The van der Waals surface area contributed by atoms with E-state index in [0.717, 1.165) is 50.3 Å². The maximum atomic E-state index is 13.6. The lowest BCUT2D eigenvalue weighted by Gasteiger charge is -2.36. The number of para-hydroxylation sites is 1. The molecule has 1 aromatic heterocycles. The average Bonchev–Trinajstić information content (AvgIpc) is 3.20. The summed E-state index contributed by atoms with van der Waals surface area (Å²) in [5.74, 6) is 0.541. The Morgan fingerprint density at radius 3 is 2.44 bits per heavy atom. The van der Waals surface area contributed by atoms with Gasteiger partial charge in [0.15, 0.2) is 5.69 Å². The highest BCUT2D eigenvalue weighted by atomic mass is 16.2. The van der Waals surface area contributed by atoms with Crippen molar-refractivity contribution < 1.29 is 9.59 Å². The molecule has 1 atom stereocenters. The summed E-state index contributed by atoms with van der Waals surface area (Å²) in [4.78, 5) is 33.3. The van der Waals surface area contributed by atoms with Crippen molar-refractivity contribution in [1.82, 2.24) is 19.6 Å². The van der Waals surface area contributed by atoms with Gasteiger partial charge in [0.05, 0.1) is 0 Å². The van der Waals surface area contributed by atoms with Crippen molar-refractivity contribution in [2.45, 2.75) is 58.5 Å². The Bertz CT molecular complexity index is 1080. The summed E-state index contributed by atoms with van der Waals surface area (Å²) in [5, 5.41) is 4.76. The number of aromatic nitrogens is 2. The van der Waals surface area contributed by atoms with Crippen molar-refractivity contribution in [2.75, 3.05) is 37.6 Å². The van der Waals surface area contributed by atoms with Gasteiger partial charge in [0.25, 0.3) is 5.91 Å². The smallest absolute Gasteiger partial charge is 0.274 e. The fraction of sp³-hybridized carbons (Fsp3) is 0.593. The first-order chi connectivity index (χ1) is 16.6. The Labute approximate surface area is 201 Å². The van der Waals surface area contributed by atoms with Gasteiger partial charge in [-0.3, -0.25) is 14.3 Å². The number of anilines is 1. The summed E-state index contributed by atoms with van der Waals surface area (Å²) in [6, 6.07) is 10.4. The summed E-state index contributed by atoms with van der Waals surface area (Å²) in [6.45, 7) is 7.12. The van der Waals surface area contributed by atoms with Gasteiger partial charge in [0, 0.05) is 75.1 Å². The van der Waals surface area contributed by atoms with Crippen molar-refractivity contribution in [3.63, 3.8) is 0 Å². The van der Waals surface area contributed by atoms with Crippen LogP contribution in [0.4, 0.5) is 5.69 Å². The molecule has 4 aliphatic rings. The fourth-order valence-electron chi connectivity index (χ4n) is 6.62. The van der Waals surface area contributed by atoms with Crippen LogP contribution in [0.25, 0.3) is 0 Å². The topological polar surface area (TPSA) is 61.7 Å². The number of hydrogen-bond acceptors (Lipinski definition) is 4. The Kier molecular flexibility index (Phi) is 5.38. The van der Waals surface area contributed by atoms with E-state index in [-0.39, 0.29) is 11.8 Å². The van der Waals surface area contributed by atoms with Crippen LogP contribution >= 0.6 is 0 Å². The molecule has 34 heavy (non-hydrogen) atoms. The second-order valence-corrected chi connectivity index (χ2v) is 10.5. The third kappa shape index (κ3) is 3.60. The fourth-order valence-corrected chi connectivity index (χ4v) is 6.62. The van der Waals surface area contributed by atoms with Gasteiger partial charge in [0.2, 0.25) is 5.91 Å². The first-order valence-corrected chi connectivity index (χ1v) is 13.1. The molecule has 0 bridgehead atoms. The minimum absolute atomic E-state index is 0.0177. The van der Waals surface area contributed by atoms with Gasteiger partial charge in [-0.05, 0) is 43.7 Å². The number of carbonyl (C=O) groups excluding carboxylic acids is 2. The molecule has 2 aliphatic carbocycles. The number of amides is 2. The Balaban J connectivity index is 1.17. The third-order valence-corrected chi connectivity index (χ3v) is 8.72. The lowest BCUT2D eigenvalue weighted by Crippen LogP contribution is -2.49. The van der Waals surface area contributed by atoms with E-state index < -0.39 is 0 Å². The van der Waals surface area contributed by atoms with Gasteiger partial charge >= 0.3 is 0 Å². The van der Waals surface area contributed by atoms with Crippen LogP contribution in [0.5, 0.6) is 0 Å². The summed E-state index contributed by atoms with van der Waals surface area (Å²) in [6.07, 6.45) is 6.84. The summed E-state index contributed by atoms with van der Waals surface area (Å²) in [5.41, 5.74) is 4.20. The maximum Gasteiger partial charge on any atom is 0.274 e. The van der Waals surface area contributed by atoms with Crippen LogP contribution in [-0.4, -0.2) is 64.1 Å². The molecule has 1 saturated heterocycles. The lowest BCUT2D eigenvalue weighted by molar-refractivity contribution is -0.134. The molecule has 7 heteroatoms. The van der Waals surface area contributed by atoms with E-state index in [1.54, 1.807) is 0 Å². The van der Waals surface area contributed by atoms with Gasteiger partial charge < -0.3 is 14.7 Å². The molecule has 180 valence electrons. The van der Waals surface area contributed by atoms with Crippen LogP contribution < -0.4 is 4.90 Å². The highest BCUT2D eigenvalue weighted by Gasteiger charge is 2.59. The van der Waals surface area contributed by atoms with E-state index in [2.05, 4.69) is 36.1 Å². The van der Waals surface area contributed by atoms with Crippen LogP contribution in [0.1, 0.15) is 60.8 Å². The summed E-state index contributed by atoms with van der Waals surface area (Å²) >= 11 is 0. The highest BCUT2D eigenvalue weighted by molar-refractivity contribution is 5.94. The van der Waals surface area contributed by atoms with Crippen molar-refractivity contribution in [3.05, 3.63) is 47.3 Å². The molecule has 1 spiro atoms. The van der Waals surface area contributed by atoms with E-state index in [0.29, 0.717) is 36.7 Å². The van der Waals surface area contributed by atoms with E-state index in [9.17, 15) is 9.59 Å². The minimum atomic E-state index is 0.0177. The van der Waals surface area contributed by atoms with Crippen molar-refractivity contribution >= 4 is 17.5 Å². The van der Waals surface area contributed by atoms with Gasteiger partial charge in [0.1, 0.15) is 0 Å². The average molecular weight is 462 g/mol. The zero-order valence-electron chi connectivity index (χ0n) is 20.2. The second-order valence-electron chi connectivity index (χ2n) is 10.5. The van der Waals surface area contributed by atoms with Crippen LogP contribution in [0.2, 0.25) is 0 Å². The van der Waals surface area contributed by atoms with Gasteiger partial charge in [-0.2, -0.15) is 5.10 Å². The largest absolute Gasteiger partial charge is 0.368 e. The van der Waals surface area contributed by atoms with Crippen LogP contribution in [0.3, 0.4) is 0 Å². The van der Waals surface area contributed by atoms with Gasteiger partial charge in [-0.15, -0.1) is 0 Å². The number of rotatable bonds is 4. The van der Waals surface area contributed by atoms with Gasteiger partial charge in [-0.25, -0.2) is 0 Å². The molecule has 2 amide bonds. The number of fused-ring (bicyclic) bond motifs is 1. The highest BCUT2D eigenvalue weighted by Crippen LogP contribution is 2.63. The third-order valence-electron chi connectivity index (χ3n) is 8.72. The van der Waals surface area contributed by atoms with Crippen molar-refractivity contribution in [3.8, 4) is 0 Å². The maximum absolute atomic E-state index is 13.6. The number of carbonyl (C=O) groups is 2. The molecule has 6 rings (SSSR count). The number of benzene rings is 1. The van der Waals surface area contributed by atoms with Crippen LogP contribution in [0.15, 0.2) is 30.3 Å². The normalized spacial score (nSPS) is 23.3. The van der Waals surface area contributed by atoms with E-state index in [4.69, 9.17) is 5.10 Å². The molecule has 3 fully saturated rings. The van der Waals surface area contributed by atoms with E-state index >= 15 is 0 Å². The Hall–Kier alpha value is -2.83. The number of nitrogens with zero attached hydrogens (tertiary/aromatic N) is 5. The van der Waals surface area contributed by atoms with Crippen molar-refractivity contribution in [2.24, 2.45) is 11.3 Å². The molecular formula is C27H35N5O2. The Morgan fingerprint density at radius 2 is 1.74 bits per heavy atom. The predicted molar refractivity (Wildman–Crippen MR) is 131 cm³/mol. The van der Waals surface area contributed by atoms with Crippen LogP contribution in [0, 0.1) is 11.3 Å². The zero-order chi connectivity index (χ0) is 23.3. The summed E-state index contributed by atoms with van der Waals surface area (Å²) < 4.78 is 1.99. The molecule has 1 aromatic carbocycles. The number of piperazine rings is 1. The monoisotopic (exact) mass is 461 g/mol. The SMILES string of the molecule is CCn1nc(C(=O)N2CCN(c3ccccc3)CC2)c2c1CCN(C(=O)[C@H]1CC13CCCC3)C2. The van der Waals surface area contributed by atoms with Gasteiger partial charge in [-0.1, -0.05) is 31.0 Å². The molecule has 2 aliphatic heterocycles.